The first kappa shape index (κ1) is 15.7. The summed E-state index contributed by atoms with van der Waals surface area (Å²) in [6, 6.07) is 13.3. The molecular formula is C17H21NO2S. The van der Waals surface area contributed by atoms with Gasteiger partial charge >= 0.3 is 0 Å². The Morgan fingerprint density at radius 2 is 1.90 bits per heavy atom. The van der Waals surface area contributed by atoms with E-state index < -0.39 is 10.8 Å². The van der Waals surface area contributed by atoms with Gasteiger partial charge < -0.3 is 10.5 Å². The van der Waals surface area contributed by atoms with Gasteiger partial charge in [-0.05, 0) is 37.1 Å². The molecule has 0 bridgehead atoms. The van der Waals surface area contributed by atoms with Crippen molar-refractivity contribution in [1.29, 1.82) is 0 Å². The highest BCUT2D eigenvalue weighted by molar-refractivity contribution is 7.85. The molecule has 3 nitrogen and oxygen atoms in total. The second-order valence-corrected chi connectivity index (χ2v) is 6.59. The molecule has 2 aromatic rings. The van der Waals surface area contributed by atoms with E-state index >= 15 is 0 Å². The Morgan fingerprint density at radius 1 is 1.19 bits per heavy atom. The molecule has 0 aromatic heterocycles. The van der Waals surface area contributed by atoms with Crippen LogP contribution in [0.2, 0.25) is 0 Å². The number of methoxy groups -OCH3 is 1. The molecule has 0 amide bonds. The van der Waals surface area contributed by atoms with Crippen molar-refractivity contribution >= 4 is 10.8 Å². The summed E-state index contributed by atoms with van der Waals surface area (Å²) in [6.07, 6.45) is 0. The molecule has 2 atom stereocenters. The van der Waals surface area contributed by atoms with Crippen molar-refractivity contribution in [3.05, 3.63) is 59.2 Å². The van der Waals surface area contributed by atoms with Crippen LogP contribution in [0.1, 0.15) is 22.7 Å². The van der Waals surface area contributed by atoms with Gasteiger partial charge in [0.1, 0.15) is 5.75 Å². The van der Waals surface area contributed by atoms with E-state index in [4.69, 9.17) is 10.5 Å². The fourth-order valence-electron chi connectivity index (χ4n) is 2.39. The SMILES string of the molecule is COc1ccccc1S(=O)CC(N)c1ccc(C)cc1C. The van der Waals surface area contributed by atoms with Crippen molar-refractivity contribution < 1.29 is 8.95 Å². The molecule has 2 rings (SSSR count). The van der Waals surface area contributed by atoms with Crippen LogP contribution in [-0.2, 0) is 10.8 Å². The van der Waals surface area contributed by atoms with Gasteiger partial charge in [0.15, 0.2) is 0 Å². The standard InChI is InChI=1S/C17H21NO2S/c1-12-8-9-14(13(2)10-12)15(18)11-21(19)17-7-5-4-6-16(17)20-3/h4-10,15H,11,18H2,1-3H3. The maximum atomic E-state index is 12.5. The summed E-state index contributed by atoms with van der Waals surface area (Å²) in [5, 5.41) is 0. The van der Waals surface area contributed by atoms with Crippen LogP contribution in [0.25, 0.3) is 0 Å². The van der Waals surface area contributed by atoms with E-state index in [-0.39, 0.29) is 6.04 Å². The molecule has 0 fully saturated rings. The van der Waals surface area contributed by atoms with Crippen molar-refractivity contribution in [1.82, 2.24) is 0 Å². The van der Waals surface area contributed by atoms with Crippen molar-refractivity contribution in [2.75, 3.05) is 12.9 Å². The van der Waals surface area contributed by atoms with E-state index in [0.29, 0.717) is 16.4 Å². The quantitative estimate of drug-likeness (QED) is 0.923. The topological polar surface area (TPSA) is 52.3 Å². The lowest BCUT2D eigenvalue weighted by atomic mass is 10.0. The lowest BCUT2D eigenvalue weighted by Crippen LogP contribution is -2.19. The van der Waals surface area contributed by atoms with Gasteiger partial charge in [0.05, 0.1) is 22.8 Å². The molecule has 0 spiro atoms. The molecule has 0 heterocycles. The Bertz CT molecular complexity index is 655. The van der Waals surface area contributed by atoms with Crippen molar-refractivity contribution in [2.24, 2.45) is 5.73 Å². The third kappa shape index (κ3) is 3.71. The van der Waals surface area contributed by atoms with Crippen LogP contribution in [0.4, 0.5) is 0 Å². The van der Waals surface area contributed by atoms with E-state index in [9.17, 15) is 4.21 Å². The second-order valence-electron chi connectivity index (χ2n) is 5.13. The molecule has 0 saturated heterocycles. The summed E-state index contributed by atoms with van der Waals surface area (Å²) in [5.74, 6) is 1.02. The third-order valence-corrected chi connectivity index (χ3v) is 4.96. The van der Waals surface area contributed by atoms with Gasteiger partial charge in [-0.1, -0.05) is 35.9 Å². The molecule has 0 saturated carbocycles. The van der Waals surface area contributed by atoms with Crippen molar-refractivity contribution in [2.45, 2.75) is 24.8 Å². The fourth-order valence-corrected chi connectivity index (χ4v) is 3.68. The normalized spacial score (nSPS) is 13.7. The number of nitrogens with two attached hydrogens (primary N) is 1. The minimum Gasteiger partial charge on any atom is -0.495 e. The average molecular weight is 303 g/mol. The van der Waals surface area contributed by atoms with E-state index in [1.807, 2.05) is 43.3 Å². The first-order valence-corrected chi connectivity index (χ1v) is 8.19. The summed E-state index contributed by atoms with van der Waals surface area (Å²) >= 11 is 0. The molecular weight excluding hydrogens is 282 g/mol. The highest BCUT2D eigenvalue weighted by atomic mass is 32.2. The Balaban J connectivity index is 2.19. The zero-order valence-electron chi connectivity index (χ0n) is 12.6. The Labute approximate surface area is 128 Å². The summed E-state index contributed by atoms with van der Waals surface area (Å²) in [7, 11) is 0.394. The number of para-hydroxylation sites is 1. The van der Waals surface area contributed by atoms with E-state index in [1.54, 1.807) is 7.11 Å². The summed E-state index contributed by atoms with van der Waals surface area (Å²) < 4.78 is 17.8. The van der Waals surface area contributed by atoms with Crippen LogP contribution in [0.3, 0.4) is 0 Å². The van der Waals surface area contributed by atoms with Crippen LogP contribution in [0.5, 0.6) is 5.75 Å². The minimum absolute atomic E-state index is 0.253. The van der Waals surface area contributed by atoms with E-state index in [1.165, 1.54) is 5.56 Å². The smallest absolute Gasteiger partial charge is 0.134 e. The van der Waals surface area contributed by atoms with Gasteiger partial charge in [-0.2, -0.15) is 0 Å². The van der Waals surface area contributed by atoms with E-state index in [0.717, 1.165) is 11.1 Å². The molecule has 21 heavy (non-hydrogen) atoms. The largest absolute Gasteiger partial charge is 0.495 e. The number of hydrogen-bond donors (Lipinski definition) is 1. The van der Waals surface area contributed by atoms with Crippen LogP contribution < -0.4 is 10.5 Å². The number of rotatable bonds is 5. The van der Waals surface area contributed by atoms with Crippen molar-refractivity contribution in [3.8, 4) is 5.75 Å². The summed E-state index contributed by atoms with van der Waals surface area (Å²) in [6.45, 7) is 4.09. The average Bonchev–Trinajstić information content (AvgIpc) is 2.46. The monoisotopic (exact) mass is 303 g/mol. The lowest BCUT2D eigenvalue weighted by molar-refractivity contribution is 0.404. The molecule has 2 unspecified atom stereocenters. The van der Waals surface area contributed by atoms with Crippen LogP contribution >= 0.6 is 0 Å². The second kappa shape index (κ2) is 6.87. The summed E-state index contributed by atoms with van der Waals surface area (Å²) in [4.78, 5) is 0.695. The third-order valence-electron chi connectivity index (χ3n) is 3.47. The molecule has 2 aromatic carbocycles. The molecule has 0 aliphatic heterocycles. The Kier molecular flexibility index (Phi) is 5.15. The van der Waals surface area contributed by atoms with Gasteiger partial charge in [-0.3, -0.25) is 4.21 Å². The molecule has 4 heteroatoms. The molecule has 2 N–H and O–H groups in total. The number of benzene rings is 2. The first-order chi connectivity index (χ1) is 10.0. The van der Waals surface area contributed by atoms with Gasteiger partial charge in [-0.15, -0.1) is 0 Å². The van der Waals surface area contributed by atoms with Gasteiger partial charge in [0.2, 0.25) is 0 Å². The van der Waals surface area contributed by atoms with Crippen LogP contribution in [0, 0.1) is 13.8 Å². The van der Waals surface area contributed by atoms with Gasteiger partial charge in [0.25, 0.3) is 0 Å². The van der Waals surface area contributed by atoms with Gasteiger partial charge in [-0.25, -0.2) is 0 Å². The molecule has 112 valence electrons. The zero-order chi connectivity index (χ0) is 15.4. The molecule has 0 aliphatic rings. The number of aryl methyl sites for hydroxylation is 2. The van der Waals surface area contributed by atoms with E-state index in [2.05, 4.69) is 13.0 Å². The Morgan fingerprint density at radius 3 is 2.57 bits per heavy atom. The highest BCUT2D eigenvalue weighted by Crippen LogP contribution is 2.25. The summed E-state index contributed by atoms with van der Waals surface area (Å²) in [5.41, 5.74) is 9.63. The van der Waals surface area contributed by atoms with Crippen LogP contribution in [0.15, 0.2) is 47.4 Å². The zero-order valence-corrected chi connectivity index (χ0v) is 13.4. The number of ether oxygens (including phenoxy) is 1. The lowest BCUT2D eigenvalue weighted by Gasteiger charge is -2.16. The van der Waals surface area contributed by atoms with Crippen LogP contribution in [-0.4, -0.2) is 17.1 Å². The maximum absolute atomic E-state index is 12.5. The van der Waals surface area contributed by atoms with Crippen molar-refractivity contribution in [3.63, 3.8) is 0 Å². The van der Waals surface area contributed by atoms with Gasteiger partial charge in [0, 0.05) is 11.8 Å². The first-order valence-electron chi connectivity index (χ1n) is 6.87. The predicted molar refractivity (Wildman–Crippen MR) is 87.1 cm³/mol. The minimum atomic E-state index is -1.19. The highest BCUT2D eigenvalue weighted by Gasteiger charge is 2.16. The molecule has 0 aliphatic carbocycles. The Hall–Kier alpha value is -1.65. The maximum Gasteiger partial charge on any atom is 0.134 e. The molecule has 0 radical (unpaired) electrons. The fraction of sp³-hybridized carbons (Fsp3) is 0.294. The predicted octanol–water partition coefficient (Wildman–Crippen LogP) is 3.12. The number of hydrogen-bond acceptors (Lipinski definition) is 3.